The van der Waals surface area contributed by atoms with Gasteiger partial charge in [-0.1, -0.05) is 100 Å². The Bertz CT molecular complexity index is 1120. The molecule has 0 N–H and O–H groups in total. The Labute approximate surface area is 232 Å². The van der Waals surface area contributed by atoms with Crippen LogP contribution in [0.1, 0.15) is 91.0 Å². The molecule has 3 aromatic carbocycles. The highest BCUT2D eigenvalue weighted by Crippen LogP contribution is 2.41. The van der Waals surface area contributed by atoms with Gasteiger partial charge in [-0.25, -0.2) is 0 Å². The zero-order chi connectivity index (χ0) is 27.9. The van der Waals surface area contributed by atoms with Crippen LogP contribution >= 0.6 is 0 Å². The Hall–Kier alpha value is -3.73. The maximum absolute atomic E-state index is 11.9. The summed E-state index contributed by atoms with van der Waals surface area (Å²) in [6.45, 7) is 2.83. The van der Waals surface area contributed by atoms with E-state index in [9.17, 15) is 14.4 Å². The minimum atomic E-state index is -0.265. The molecule has 0 atom stereocenters. The zero-order valence-electron chi connectivity index (χ0n) is 23.2. The predicted molar refractivity (Wildman–Crippen MR) is 157 cm³/mol. The van der Waals surface area contributed by atoms with Gasteiger partial charge in [0.05, 0.1) is 13.7 Å². The second-order valence-corrected chi connectivity index (χ2v) is 9.90. The maximum atomic E-state index is 11.9. The fourth-order valence-corrected chi connectivity index (χ4v) is 4.66. The predicted octanol–water partition coefficient (Wildman–Crippen LogP) is 8.27. The first-order valence-corrected chi connectivity index (χ1v) is 14.1. The standard InChI is InChI=1S/C34H40O5/c1-3-4-5-6-7-8-9-10-21-39-34-31(29-16-11-26(24-35)12-17-29)22-28(15-20-33(37)38-2)23-32(34)30-18-13-27(25-36)14-19-30/h11-14,16-19,22-25H,3-10,15,20-21H2,1-2H3. The second-order valence-electron chi connectivity index (χ2n) is 9.90. The van der Waals surface area contributed by atoms with Crippen molar-refractivity contribution in [2.75, 3.05) is 13.7 Å². The van der Waals surface area contributed by atoms with Gasteiger partial charge in [0.2, 0.25) is 0 Å². The normalized spacial score (nSPS) is 10.7. The van der Waals surface area contributed by atoms with Crippen LogP contribution in [0.4, 0.5) is 0 Å². The topological polar surface area (TPSA) is 69.7 Å². The van der Waals surface area contributed by atoms with E-state index in [0.717, 1.165) is 59.0 Å². The lowest BCUT2D eigenvalue weighted by atomic mass is 9.92. The van der Waals surface area contributed by atoms with Gasteiger partial charge in [0.1, 0.15) is 18.3 Å². The molecule has 3 aromatic rings. The molecule has 0 radical (unpaired) electrons. The lowest BCUT2D eigenvalue weighted by Gasteiger charge is -2.19. The van der Waals surface area contributed by atoms with E-state index in [0.29, 0.717) is 24.2 Å². The van der Waals surface area contributed by atoms with Crippen LogP contribution in [0.25, 0.3) is 22.3 Å². The van der Waals surface area contributed by atoms with Gasteiger partial charge >= 0.3 is 5.97 Å². The van der Waals surface area contributed by atoms with Crippen LogP contribution in [0.5, 0.6) is 5.75 Å². The van der Waals surface area contributed by atoms with Crippen LogP contribution in [-0.2, 0) is 16.0 Å². The highest BCUT2D eigenvalue weighted by atomic mass is 16.5. The molecule has 0 spiro atoms. The van der Waals surface area contributed by atoms with E-state index in [1.807, 2.05) is 24.3 Å². The van der Waals surface area contributed by atoms with Crippen molar-refractivity contribution < 1.29 is 23.9 Å². The third-order valence-corrected chi connectivity index (χ3v) is 6.95. The monoisotopic (exact) mass is 528 g/mol. The summed E-state index contributed by atoms with van der Waals surface area (Å²) in [5, 5.41) is 0. The van der Waals surface area contributed by atoms with Gasteiger partial charge in [-0.3, -0.25) is 14.4 Å². The summed E-state index contributed by atoms with van der Waals surface area (Å²) in [7, 11) is 1.39. The lowest BCUT2D eigenvalue weighted by molar-refractivity contribution is -0.140. The van der Waals surface area contributed by atoms with Crippen molar-refractivity contribution in [2.24, 2.45) is 0 Å². The van der Waals surface area contributed by atoms with Crippen LogP contribution in [0.3, 0.4) is 0 Å². The van der Waals surface area contributed by atoms with Crippen molar-refractivity contribution in [3.8, 4) is 28.0 Å². The second kappa shape index (κ2) is 16.3. The van der Waals surface area contributed by atoms with Crippen LogP contribution in [0.15, 0.2) is 60.7 Å². The number of esters is 1. The first-order valence-electron chi connectivity index (χ1n) is 14.1. The van der Waals surface area contributed by atoms with Crippen molar-refractivity contribution in [3.63, 3.8) is 0 Å². The highest BCUT2D eigenvalue weighted by molar-refractivity contribution is 5.86. The number of carbonyl (C=O) groups excluding carboxylic acids is 3. The molecule has 0 bridgehead atoms. The molecule has 0 aliphatic rings. The van der Waals surface area contributed by atoms with Gasteiger partial charge in [0.15, 0.2) is 0 Å². The van der Waals surface area contributed by atoms with Crippen molar-refractivity contribution >= 4 is 18.5 Å². The molecular formula is C34H40O5. The van der Waals surface area contributed by atoms with Crippen LogP contribution in [-0.4, -0.2) is 32.3 Å². The Morgan fingerprint density at radius 2 is 1.21 bits per heavy atom. The molecule has 5 heteroatoms. The van der Waals surface area contributed by atoms with Gasteiger partial charge in [-0.2, -0.15) is 0 Å². The molecular weight excluding hydrogens is 488 g/mol. The number of aryl methyl sites for hydroxylation is 1. The number of hydrogen-bond donors (Lipinski definition) is 0. The summed E-state index contributed by atoms with van der Waals surface area (Å²) in [6.07, 6.45) is 12.2. The fourth-order valence-electron chi connectivity index (χ4n) is 4.66. The lowest BCUT2D eigenvalue weighted by Crippen LogP contribution is -2.04. The van der Waals surface area contributed by atoms with Crippen LogP contribution in [0, 0.1) is 0 Å². The summed E-state index contributed by atoms with van der Waals surface area (Å²) in [4.78, 5) is 34.4. The Morgan fingerprint density at radius 3 is 1.67 bits per heavy atom. The molecule has 0 heterocycles. The van der Waals surface area contributed by atoms with E-state index in [-0.39, 0.29) is 12.4 Å². The quantitative estimate of drug-likeness (QED) is 0.100. The van der Waals surface area contributed by atoms with E-state index in [2.05, 4.69) is 19.1 Å². The molecule has 0 saturated carbocycles. The Balaban J connectivity index is 1.93. The summed E-state index contributed by atoms with van der Waals surface area (Å²) in [6, 6.07) is 19.0. The molecule has 0 unspecified atom stereocenters. The maximum Gasteiger partial charge on any atom is 0.305 e. The van der Waals surface area contributed by atoms with Crippen LogP contribution in [0.2, 0.25) is 0 Å². The molecule has 206 valence electrons. The van der Waals surface area contributed by atoms with Crippen molar-refractivity contribution in [3.05, 3.63) is 77.4 Å². The first kappa shape index (κ1) is 29.8. The van der Waals surface area contributed by atoms with Crippen molar-refractivity contribution in [1.82, 2.24) is 0 Å². The molecule has 0 aliphatic carbocycles. The van der Waals surface area contributed by atoms with Crippen molar-refractivity contribution in [2.45, 2.75) is 71.1 Å². The smallest absolute Gasteiger partial charge is 0.305 e. The van der Waals surface area contributed by atoms with E-state index < -0.39 is 0 Å². The number of carbonyl (C=O) groups is 3. The average molecular weight is 529 g/mol. The summed E-state index contributed by atoms with van der Waals surface area (Å²) < 4.78 is 11.4. The van der Waals surface area contributed by atoms with E-state index in [1.54, 1.807) is 24.3 Å². The molecule has 39 heavy (non-hydrogen) atoms. The van der Waals surface area contributed by atoms with Crippen LogP contribution < -0.4 is 4.74 Å². The molecule has 3 rings (SSSR count). The van der Waals surface area contributed by atoms with Gasteiger partial charge in [0, 0.05) is 28.7 Å². The number of aldehydes is 2. The summed E-state index contributed by atoms with van der Waals surface area (Å²) in [5.74, 6) is 0.497. The third-order valence-electron chi connectivity index (χ3n) is 6.95. The minimum Gasteiger partial charge on any atom is -0.492 e. The van der Waals surface area contributed by atoms with Gasteiger partial charge < -0.3 is 9.47 Å². The van der Waals surface area contributed by atoms with Crippen molar-refractivity contribution in [1.29, 1.82) is 0 Å². The number of benzene rings is 3. The molecule has 0 amide bonds. The summed E-state index contributed by atoms with van der Waals surface area (Å²) in [5.41, 5.74) is 5.85. The number of methoxy groups -OCH3 is 1. The molecule has 0 saturated heterocycles. The van der Waals surface area contributed by atoms with Gasteiger partial charge in [0.25, 0.3) is 0 Å². The van der Waals surface area contributed by atoms with Gasteiger partial charge in [-0.15, -0.1) is 0 Å². The van der Waals surface area contributed by atoms with E-state index >= 15 is 0 Å². The molecule has 0 aliphatic heterocycles. The largest absolute Gasteiger partial charge is 0.492 e. The Kier molecular flexibility index (Phi) is 12.4. The average Bonchev–Trinajstić information content (AvgIpc) is 2.99. The van der Waals surface area contributed by atoms with Gasteiger partial charge in [-0.05, 0) is 41.7 Å². The Morgan fingerprint density at radius 1 is 0.718 bits per heavy atom. The number of rotatable bonds is 17. The third kappa shape index (κ3) is 9.20. The number of unbranched alkanes of at least 4 members (excludes halogenated alkanes) is 7. The zero-order valence-corrected chi connectivity index (χ0v) is 23.2. The van der Waals surface area contributed by atoms with E-state index in [4.69, 9.17) is 9.47 Å². The molecule has 0 aromatic heterocycles. The molecule has 5 nitrogen and oxygen atoms in total. The number of hydrogen-bond acceptors (Lipinski definition) is 5. The minimum absolute atomic E-state index is 0.265. The number of ether oxygens (including phenoxy) is 2. The summed E-state index contributed by atoms with van der Waals surface area (Å²) >= 11 is 0. The highest BCUT2D eigenvalue weighted by Gasteiger charge is 2.17. The molecule has 0 fully saturated rings. The SMILES string of the molecule is CCCCCCCCCCOc1c(-c2ccc(C=O)cc2)cc(CCC(=O)OC)cc1-c1ccc(C=O)cc1. The van der Waals surface area contributed by atoms with E-state index in [1.165, 1.54) is 45.6 Å². The fraction of sp³-hybridized carbons (Fsp3) is 0.382. The first-order chi connectivity index (χ1) is 19.1.